The van der Waals surface area contributed by atoms with E-state index in [1.807, 2.05) is 19.3 Å². The summed E-state index contributed by atoms with van der Waals surface area (Å²) in [4.78, 5) is 4.43. The zero-order chi connectivity index (χ0) is 14.0. The molecular weight excluding hydrogens is 236 g/mol. The normalized spacial score (nSPS) is 20.0. The highest BCUT2D eigenvalue weighted by atomic mass is 15.1. The second kappa shape index (κ2) is 5.34. The number of nitrogens with zero attached hydrogens (tertiary/aromatic N) is 3. The highest BCUT2D eigenvalue weighted by Crippen LogP contribution is 2.28. The topological polar surface area (TPSA) is 53.6 Å². The molecule has 4 heteroatoms. The average molecular weight is 260 g/mol. The monoisotopic (exact) mass is 260 g/mol. The molecule has 1 fully saturated rings. The Labute approximate surface area is 115 Å². The fourth-order valence-corrected chi connectivity index (χ4v) is 2.65. The van der Waals surface area contributed by atoms with Crippen molar-refractivity contribution in [2.75, 3.05) is 0 Å². The second-order valence-electron chi connectivity index (χ2n) is 6.26. The minimum Gasteiger partial charge on any atom is -0.332 e. The molecule has 0 aliphatic heterocycles. The molecule has 1 N–H and O–H groups in total. The van der Waals surface area contributed by atoms with Crippen LogP contribution in [0, 0.1) is 11.3 Å². The molecule has 2 atom stereocenters. The van der Waals surface area contributed by atoms with E-state index in [4.69, 9.17) is 0 Å². The van der Waals surface area contributed by atoms with Gasteiger partial charge in [-0.05, 0) is 33.1 Å². The summed E-state index contributed by atoms with van der Waals surface area (Å²) in [5.41, 5.74) is -0.445. The summed E-state index contributed by atoms with van der Waals surface area (Å²) in [6.07, 6.45) is 7.08. The van der Waals surface area contributed by atoms with Crippen LogP contribution in [0.15, 0.2) is 12.4 Å². The van der Waals surface area contributed by atoms with E-state index < -0.39 is 5.54 Å². The van der Waals surface area contributed by atoms with Crippen molar-refractivity contribution in [1.82, 2.24) is 14.9 Å². The number of nitrogens with one attached hydrogen (secondary N) is 1. The maximum Gasteiger partial charge on any atom is 0.111 e. The minimum absolute atomic E-state index is 0.274. The number of aromatic nitrogens is 2. The van der Waals surface area contributed by atoms with Crippen LogP contribution in [0.1, 0.15) is 64.7 Å². The van der Waals surface area contributed by atoms with Gasteiger partial charge in [0.1, 0.15) is 11.4 Å². The van der Waals surface area contributed by atoms with Crippen molar-refractivity contribution in [3.63, 3.8) is 0 Å². The average Bonchev–Trinajstić information content (AvgIpc) is 3.00. The smallest absolute Gasteiger partial charge is 0.111 e. The van der Waals surface area contributed by atoms with Gasteiger partial charge in [-0.15, -0.1) is 0 Å². The van der Waals surface area contributed by atoms with Crippen LogP contribution in [0.4, 0.5) is 0 Å². The van der Waals surface area contributed by atoms with Gasteiger partial charge in [0.05, 0.1) is 6.07 Å². The molecule has 1 aliphatic rings. The predicted molar refractivity (Wildman–Crippen MR) is 75.8 cm³/mol. The Bertz CT molecular complexity index is 467. The van der Waals surface area contributed by atoms with Crippen LogP contribution in [0.3, 0.4) is 0 Å². The van der Waals surface area contributed by atoms with Gasteiger partial charge < -0.3 is 4.57 Å². The van der Waals surface area contributed by atoms with Crippen LogP contribution in [-0.4, -0.2) is 21.1 Å². The molecule has 4 nitrogen and oxygen atoms in total. The van der Waals surface area contributed by atoms with Gasteiger partial charge in [0.25, 0.3) is 0 Å². The molecule has 0 aromatic carbocycles. The third kappa shape index (κ3) is 3.36. The largest absolute Gasteiger partial charge is 0.332 e. The van der Waals surface area contributed by atoms with Crippen LogP contribution in [-0.2, 0) is 0 Å². The van der Waals surface area contributed by atoms with E-state index in [0.717, 1.165) is 12.2 Å². The van der Waals surface area contributed by atoms with E-state index in [0.29, 0.717) is 12.0 Å². The van der Waals surface area contributed by atoms with Crippen LogP contribution in [0.2, 0.25) is 0 Å². The van der Waals surface area contributed by atoms with Crippen LogP contribution in [0.25, 0.3) is 0 Å². The van der Waals surface area contributed by atoms with Crippen molar-refractivity contribution >= 4 is 0 Å². The first-order valence-corrected chi connectivity index (χ1v) is 7.17. The molecule has 1 aromatic heterocycles. The van der Waals surface area contributed by atoms with Gasteiger partial charge in [-0.2, -0.15) is 5.26 Å². The van der Waals surface area contributed by atoms with Gasteiger partial charge in [0.15, 0.2) is 0 Å². The molecule has 0 spiro atoms. The molecular formula is C15H24N4. The molecule has 0 bridgehead atoms. The molecule has 2 unspecified atom stereocenters. The van der Waals surface area contributed by atoms with Crippen molar-refractivity contribution in [1.29, 1.82) is 5.26 Å². The van der Waals surface area contributed by atoms with E-state index in [9.17, 15) is 5.26 Å². The minimum atomic E-state index is -0.445. The van der Waals surface area contributed by atoms with E-state index >= 15 is 0 Å². The number of nitriles is 1. The van der Waals surface area contributed by atoms with Crippen molar-refractivity contribution in [2.45, 2.75) is 70.5 Å². The molecule has 1 saturated carbocycles. The summed E-state index contributed by atoms with van der Waals surface area (Å²) in [5.74, 6) is 1.50. The zero-order valence-electron chi connectivity index (χ0n) is 12.3. The lowest BCUT2D eigenvalue weighted by molar-refractivity contribution is 0.339. The number of rotatable bonds is 6. The molecule has 1 heterocycles. The van der Waals surface area contributed by atoms with Crippen LogP contribution >= 0.6 is 0 Å². The Kier molecular flexibility index (Phi) is 3.96. The molecule has 2 rings (SSSR count). The number of hydrogen-bond donors (Lipinski definition) is 1. The molecule has 19 heavy (non-hydrogen) atoms. The Hall–Kier alpha value is -1.34. The standard InChI is InChI=1S/C15H24N4/c1-11(2)14-17-7-8-19(14)12(3)9-15(4,10-16)18-13-5-6-13/h7-8,11-13,18H,5-6,9H2,1-4H3. The van der Waals surface area contributed by atoms with Crippen molar-refractivity contribution in [2.24, 2.45) is 0 Å². The lowest BCUT2D eigenvalue weighted by Gasteiger charge is -2.28. The van der Waals surface area contributed by atoms with E-state index in [-0.39, 0.29) is 6.04 Å². The van der Waals surface area contributed by atoms with Gasteiger partial charge in [0, 0.05) is 30.4 Å². The summed E-state index contributed by atoms with van der Waals surface area (Å²) in [6.45, 7) is 8.47. The number of hydrogen-bond acceptors (Lipinski definition) is 3. The Balaban J connectivity index is 2.08. The Morgan fingerprint density at radius 1 is 1.53 bits per heavy atom. The zero-order valence-corrected chi connectivity index (χ0v) is 12.3. The fraction of sp³-hybridized carbons (Fsp3) is 0.733. The number of imidazole rings is 1. The van der Waals surface area contributed by atoms with Gasteiger partial charge in [-0.1, -0.05) is 13.8 Å². The molecule has 1 aliphatic carbocycles. The van der Waals surface area contributed by atoms with Crippen LogP contribution in [0.5, 0.6) is 0 Å². The molecule has 104 valence electrons. The van der Waals surface area contributed by atoms with Gasteiger partial charge in [-0.25, -0.2) is 4.98 Å². The maximum atomic E-state index is 9.45. The second-order valence-corrected chi connectivity index (χ2v) is 6.26. The summed E-state index contributed by atoms with van der Waals surface area (Å²) in [7, 11) is 0. The van der Waals surface area contributed by atoms with Crippen LogP contribution < -0.4 is 5.32 Å². The van der Waals surface area contributed by atoms with E-state index in [2.05, 4.69) is 41.7 Å². The third-order valence-corrected chi connectivity index (χ3v) is 3.74. The SMILES string of the molecule is CC(C)c1nccn1C(C)CC(C)(C#N)NC1CC1. The Morgan fingerprint density at radius 2 is 2.21 bits per heavy atom. The molecule has 1 aromatic rings. The lowest BCUT2D eigenvalue weighted by atomic mass is 9.94. The Morgan fingerprint density at radius 3 is 2.74 bits per heavy atom. The summed E-state index contributed by atoms with van der Waals surface area (Å²) in [5, 5.41) is 12.9. The quantitative estimate of drug-likeness (QED) is 0.855. The first kappa shape index (κ1) is 14.1. The molecule has 0 amide bonds. The predicted octanol–water partition coefficient (Wildman–Crippen LogP) is 2.99. The van der Waals surface area contributed by atoms with Crippen molar-refractivity contribution in [3.8, 4) is 6.07 Å². The highest BCUT2D eigenvalue weighted by molar-refractivity contribution is 5.09. The third-order valence-electron chi connectivity index (χ3n) is 3.74. The summed E-state index contributed by atoms with van der Waals surface area (Å²) >= 11 is 0. The fourth-order valence-electron chi connectivity index (χ4n) is 2.65. The maximum absolute atomic E-state index is 9.45. The lowest BCUT2D eigenvalue weighted by Crippen LogP contribution is -2.44. The molecule has 0 radical (unpaired) electrons. The summed E-state index contributed by atoms with van der Waals surface area (Å²) < 4.78 is 2.20. The van der Waals surface area contributed by atoms with Crippen molar-refractivity contribution < 1.29 is 0 Å². The first-order chi connectivity index (χ1) is 8.95. The van der Waals surface area contributed by atoms with Gasteiger partial charge >= 0.3 is 0 Å². The highest BCUT2D eigenvalue weighted by Gasteiger charge is 2.34. The molecule has 0 saturated heterocycles. The first-order valence-electron chi connectivity index (χ1n) is 7.17. The van der Waals surface area contributed by atoms with Gasteiger partial charge in [0.2, 0.25) is 0 Å². The summed E-state index contributed by atoms with van der Waals surface area (Å²) in [6, 6.07) is 3.27. The van der Waals surface area contributed by atoms with E-state index in [1.165, 1.54) is 12.8 Å². The van der Waals surface area contributed by atoms with E-state index in [1.54, 1.807) is 0 Å². The van der Waals surface area contributed by atoms with Gasteiger partial charge in [-0.3, -0.25) is 5.32 Å². The van der Waals surface area contributed by atoms with Crippen molar-refractivity contribution in [3.05, 3.63) is 18.2 Å².